The molecule has 1 fully saturated rings. The van der Waals surface area contributed by atoms with Gasteiger partial charge in [-0.3, -0.25) is 9.69 Å². The molecule has 0 spiro atoms. The summed E-state index contributed by atoms with van der Waals surface area (Å²) in [5.41, 5.74) is 0. The zero-order valence-electron chi connectivity index (χ0n) is 8.17. The quantitative estimate of drug-likeness (QED) is 0.665. The van der Waals surface area contributed by atoms with Crippen LogP contribution < -0.4 is 5.32 Å². The predicted molar refractivity (Wildman–Crippen MR) is 49.2 cm³/mol. The van der Waals surface area contributed by atoms with Gasteiger partial charge in [-0.15, -0.1) is 0 Å². The summed E-state index contributed by atoms with van der Waals surface area (Å²) < 4.78 is 0. The van der Waals surface area contributed by atoms with Gasteiger partial charge in [0.1, 0.15) is 6.04 Å². The van der Waals surface area contributed by atoms with Gasteiger partial charge in [0.25, 0.3) is 5.91 Å². The van der Waals surface area contributed by atoms with E-state index in [-0.39, 0.29) is 18.0 Å². The average molecular weight is 184 g/mol. The molecule has 0 saturated carbocycles. The number of rotatable bonds is 4. The van der Waals surface area contributed by atoms with Gasteiger partial charge < -0.3 is 5.32 Å². The average Bonchev–Trinajstić information content (AvgIpc) is 2.39. The van der Waals surface area contributed by atoms with Crippen LogP contribution >= 0.6 is 0 Å². The van der Waals surface area contributed by atoms with Crippen molar-refractivity contribution in [3.05, 3.63) is 0 Å². The highest BCUT2D eigenvalue weighted by Gasteiger charge is 2.35. The molecule has 1 rings (SSSR count). The fourth-order valence-electron chi connectivity index (χ4n) is 1.38. The number of amides is 3. The van der Waals surface area contributed by atoms with Crippen LogP contribution in [-0.4, -0.2) is 29.4 Å². The van der Waals surface area contributed by atoms with Crippen LogP contribution in [0.5, 0.6) is 0 Å². The molecule has 1 aliphatic heterocycles. The largest absolute Gasteiger partial charge is 0.326 e. The molecule has 1 atom stereocenters. The monoisotopic (exact) mass is 184 g/mol. The fourth-order valence-corrected chi connectivity index (χ4v) is 1.38. The number of nitrogens with zero attached hydrogens (tertiary/aromatic N) is 1. The Morgan fingerprint density at radius 2 is 2.08 bits per heavy atom. The van der Waals surface area contributed by atoms with Crippen LogP contribution in [0.2, 0.25) is 0 Å². The topological polar surface area (TPSA) is 49.4 Å². The first-order valence-electron chi connectivity index (χ1n) is 4.82. The molecule has 13 heavy (non-hydrogen) atoms. The highest BCUT2D eigenvalue weighted by Crippen LogP contribution is 2.09. The van der Waals surface area contributed by atoms with Crippen LogP contribution in [0, 0.1) is 0 Å². The Labute approximate surface area is 78.3 Å². The van der Waals surface area contributed by atoms with E-state index in [1.54, 1.807) is 0 Å². The molecular weight excluding hydrogens is 168 g/mol. The normalized spacial score (nSPS) is 22.3. The number of carbonyl (C=O) groups excluding carboxylic acids is 2. The van der Waals surface area contributed by atoms with Crippen molar-refractivity contribution in [3.63, 3.8) is 0 Å². The summed E-state index contributed by atoms with van der Waals surface area (Å²) in [5.74, 6) is -0.0686. The van der Waals surface area contributed by atoms with Crippen molar-refractivity contribution >= 4 is 11.9 Å². The molecule has 0 radical (unpaired) electrons. The lowest BCUT2D eigenvalue weighted by atomic mass is 10.2. The molecule has 0 aromatic heterocycles. The lowest BCUT2D eigenvalue weighted by Gasteiger charge is -2.11. The summed E-state index contributed by atoms with van der Waals surface area (Å²) in [7, 11) is 0. The standard InChI is InChI=1S/C9H16N2O2/c1-3-5-6-11-8(12)7(4-2)10-9(11)13/h7H,3-6H2,1-2H3,(H,10,13). The molecule has 0 aromatic rings. The Morgan fingerprint density at radius 3 is 2.54 bits per heavy atom. The van der Waals surface area contributed by atoms with Crippen molar-refractivity contribution in [2.75, 3.05) is 6.54 Å². The second-order valence-electron chi connectivity index (χ2n) is 3.25. The minimum absolute atomic E-state index is 0.0686. The number of urea groups is 1. The second-order valence-corrected chi connectivity index (χ2v) is 3.25. The van der Waals surface area contributed by atoms with E-state index in [0.29, 0.717) is 13.0 Å². The van der Waals surface area contributed by atoms with Crippen LogP contribution in [0.3, 0.4) is 0 Å². The van der Waals surface area contributed by atoms with Gasteiger partial charge in [0.15, 0.2) is 0 Å². The van der Waals surface area contributed by atoms with E-state index in [1.807, 2.05) is 13.8 Å². The van der Waals surface area contributed by atoms with Crippen LogP contribution in [0.25, 0.3) is 0 Å². The maximum Gasteiger partial charge on any atom is 0.324 e. The number of hydrogen-bond acceptors (Lipinski definition) is 2. The molecule has 74 valence electrons. The zero-order valence-corrected chi connectivity index (χ0v) is 8.17. The highest BCUT2D eigenvalue weighted by atomic mass is 16.2. The number of unbranched alkanes of at least 4 members (excludes halogenated alkanes) is 1. The SMILES string of the molecule is CCCCN1C(=O)NC(CC)C1=O. The summed E-state index contributed by atoms with van der Waals surface area (Å²) >= 11 is 0. The van der Waals surface area contributed by atoms with Crippen LogP contribution in [-0.2, 0) is 4.79 Å². The van der Waals surface area contributed by atoms with E-state index in [4.69, 9.17) is 0 Å². The number of nitrogens with one attached hydrogen (secondary N) is 1. The number of carbonyl (C=O) groups is 2. The van der Waals surface area contributed by atoms with Crippen molar-refractivity contribution in [3.8, 4) is 0 Å². The van der Waals surface area contributed by atoms with Gasteiger partial charge in [-0.1, -0.05) is 20.3 Å². The van der Waals surface area contributed by atoms with E-state index in [9.17, 15) is 9.59 Å². The summed E-state index contributed by atoms with van der Waals surface area (Å²) in [5, 5.41) is 2.65. The van der Waals surface area contributed by atoms with Crippen LogP contribution in [0.4, 0.5) is 4.79 Å². The first kappa shape index (κ1) is 10.0. The first-order chi connectivity index (χ1) is 6.20. The van der Waals surface area contributed by atoms with Crippen LogP contribution in [0.15, 0.2) is 0 Å². The van der Waals surface area contributed by atoms with E-state index < -0.39 is 0 Å². The second kappa shape index (κ2) is 4.25. The van der Waals surface area contributed by atoms with E-state index >= 15 is 0 Å². The third kappa shape index (κ3) is 1.99. The fraction of sp³-hybridized carbons (Fsp3) is 0.778. The van der Waals surface area contributed by atoms with Crippen molar-refractivity contribution in [2.24, 2.45) is 0 Å². The molecule has 1 N–H and O–H groups in total. The summed E-state index contributed by atoms with van der Waals surface area (Å²) in [4.78, 5) is 24.1. The molecule has 4 nitrogen and oxygen atoms in total. The molecule has 1 unspecified atom stereocenters. The molecular formula is C9H16N2O2. The Bertz CT molecular complexity index is 216. The Kier molecular flexibility index (Phi) is 3.28. The van der Waals surface area contributed by atoms with Gasteiger partial charge >= 0.3 is 6.03 Å². The molecule has 1 saturated heterocycles. The zero-order chi connectivity index (χ0) is 9.84. The lowest BCUT2D eigenvalue weighted by molar-refractivity contribution is -0.127. The highest BCUT2D eigenvalue weighted by molar-refractivity contribution is 6.04. The van der Waals surface area contributed by atoms with E-state index in [0.717, 1.165) is 12.8 Å². The smallest absolute Gasteiger partial charge is 0.324 e. The number of hydrogen-bond donors (Lipinski definition) is 1. The van der Waals surface area contributed by atoms with Crippen molar-refractivity contribution in [1.29, 1.82) is 0 Å². The van der Waals surface area contributed by atoms with Gasteiger partial charge in [0.2, 0.25) is 0 Å². The van der Waals surface area contributed by atoms with Gasteiger partial charge in [-0.2, -0.15) is 0 Å². The van der Waals surface area contributed by atoms with Gasteiger partial charge in [0.05, 0.1) is 0 Å². The minimum Gasteiger partial charge on any atom is -0.326 e. The third-order valence-electron chi connectivity index (χ3n) is 2.25. The molecule has 1 aliphatic rings. The van der Waals surface area contributed by atoms with Gasteiger partial charge in [-0.05, 0) is 12.8 Å². The van der Waals surface area contributed by atoms with E-state index in [2.05, 4.69) is 5.32 Å². The first-order valence-corrected chi connectivity index (χ1v) is 4.82. The van der Waals surface area contributed by atoms with Gasteiger partial charge in [0, 0.05) is 6.54 Å². The molecule has 0 aromatic carbocycles. The number of imide groups is 1. The summed E-state index contributed by atoms with van der Waals surface area (Å²) in [6.45, 7) is 4.49. The molecule has 4 heteroatoms. The lowest BCUT2D eigenvalue weighted by Crippen LogP contribution is -2.32. The summed E-state index contributed by atoms with van der Waals surface area (Å²) in [6, 6.07) is -0.519. The summed E-state index contributed by atoms with van der Waals surface area (Å²) in [6.07, 6.45) is 2.55. The molecule has 0 aliphatic carbocycles. The maximum absolute atomic E-state index is 11.5. The minimum atomic E-state index is -0.288. The predicted octanol–water partition coefficient (Wildman–Crippen LogP) is 1.12. The van der Waals surface area contributed by atoms with Crippen molar-refractivity contribution in [1.82, 2.24) is 10.2 Å². The van der Waals surface area contributed by atoms with Crippen molar-refractivity contribution < 1.29 is 9.59 Å². The molecule has 0 bridgehead atoms. The maximum atomic E-state index is 11.5. The third-order valence-corrected chi connectivity index (χ3v) is 2.25. The Hall–Kier alpha value is -1.06. The van der Waals surface area contributed by atoms with Crippen molar-refractivity contribution in [2.45, 2.75) is 39.2 Å². The van der Waals surface area contributed by atoms with Gasteiger partial charge in [-0.25, -0.2) is 4.79 Å². The van der Waals surface area contributed by atoms with Crippen LogP contribution in [0.1, 0.15) is 33.1 Å². The molecule has 1 heterocycles. The Balaban J connectivity index is 2.54. The van der Waals surface area contributed by atoms with E-state index in [1.165, 1.54) is 4.90 Å². The Morgan fingerprint density at radius 1 is 1.38 bits per heavy atom. The molecule has 3 amide bonds.